The highest BCUT2D eigenvalue weighted by Gasteiger charge is 2.58. The summed E-state index contributed by atoms with van der Waals surface area (Å²) in [6.45, 7) is 10.4. The summed E-state index contributed by atoms with van der Waals surface area (Å²) in [5.41, 5.74) is 14.0. The quantitative estimate of drug-likeness (QED) is 0.516. The zero-order valence-electron chi connectivity index (χ0n) is 10.2. The van der Waals surface area contributed by atoms with E-state index in [0.717, 1.165) is 0 Å². The molecule has 14 heavy (non-hydrogen) atoms. The van der Waals surface area contributed by atoms with Gasteiger partial charge in [-0.2, -0.15) is 0 Å². The van der Waals surface area contributed by atoms with Gasteiger partial charge in [-0.1, -0.05) is 0 Å². The van der Waals surface area contributed by atoms with Crippen LogP contribution in [-0.2, 0) is 0 Å². The summed E-state index contributed by atoms with van der Waals surface area (Å²) < 4.78 is 0. The van der Waals surface area contributed by atoms with Gasteiger partial charge in [0.1, 0.15) is 5.60 Å². The molecule has 4 heteroatoms. The van der Waals surface area contributed by atoms with Crippen molar-refractivity contribution in [1.82, 2.24) is 0 Å². The van der Waals surface area contributed by atoms with Crippen molar-refractivity contribution in [2.24, 2.45) is 17.2 Å². The van der Waals surface area contributed by atoms with Gasteiger partial charge < -0.3 is 22.3 Å². The monoisotopic (exact) mass is 203 g/mol. The third-order valence-corrected chi connectivity index (χ3v) is 2.80. The maximum atomic E-state index is 10.6. The molecule has 0 aliphatic heterocycles. The number of hydrogen-bond donors (Lipinski definition) is 4. The summed E-state index contributed by atoms with van der Waals surface area (Å²) in [4.78, 5) is 0. The van der Waals surface area contributed by atoms with Crippen molar-refractivity contribution in [2.45, 2.75) is 63.8 Å². The molecule has 0 atom stereocenters. The lowest BCUT2D eigenvalue weighted by Gasteiger charge is -2.55. The molecule has 0 saturated carbocycles. The van der Waals surface area contributed by atoms with E-state index in [0.29, 0.717) is 0 Å². The summed E-state index contributed by atoms with van der Waals surface area (Å²) >= 11 is 0. The van der Waals surface area contributed by atoms with E-state index in [2.05, 4.69) is 0 Å². The molecule has 86 valence electrons. The standard InChI is InChI=1S/C10H25N3O/c1-7(2,11)10(14,8(3,4)12)9(5,6)13/h14H,11-13H2,1-6H3. The molecule has 0 bridgehead atoms. The molecule has 4 nitrogen and oxygen atoms in total. The summed E-state index contributed by atoms with van der Waals surface area (Å²) in [5, 5.41) is 10.6. The van der Waals surface area contributed by atoms with Crippen LogP contribution in [0.3, 0.4) is 0 Å². The van der Waals surface area contributed by atoms with Gasteiger partial charge in [0.2, 0.25) is 0 Å². The fourth-order valence-corrected chi connectivity index (χ4v) is 2.49. The van der Waals surface area contributed by atoms with Crippen LogP contribution in [0.5, 0.6) is 0 Å². The van der Waals surface area contributed by atoms with Crippen LogP contribution < -0.4 is 17.2 Å². The molecule has 0 aliphatic rings. The van der Waals surface area contributed by atoms with Gasteiger partial charge in [-0.05, 0) is 41.5 Å². The molecule has 0 radical (unpaired) electrons. The second-order valence-electron chi connectivity index (χ2n) is 5.88. The average molecular weight is 203 g/mol. The lowest BCUT2D eigenvalue weighted by atomic mass is 9.61. The van der Waals surface area contributed by atoms with Gasteiger partial charge in [0.15, 0.2) is 0 Å². The van der Waals surface area contributed by atoms with Gasteiger partial charge in [0, 0.05) is 16.6 Å². The maximum Gasteiger partial charge on any atom is 0.117 e. The molecule has 0 aromatic rings. The van der Waals surface area contributed by atoms with Crippen LogP contribution in [0.25, 0.3) is 0 Å². The van der Waals surface area contributed by atoms with Crippen LogP contribution in [-0.4, -0.2) is 27.3 Å². The highest BCUT2D eigenvalue weighted by Crippen LogP contribution is 2.37. The first-order valence-corrected chi connectivity index (χ1v) is 4.84. The first-order valence-electron chi connectivity index (χ1n) is 4.84. The second kappa shape index (κ2) is 3.17. The van der Waals surface area contributed by atoms with Crippen molar-refractivity contribution >= 4 is 0 Å². The van der Waals surface area contributed by atoms with E-state index >= 15 is 0 Å². The molecule has 0 aromatic heterocycles. The molecular formula is C10H25N3O. The minimum atomic E-state index is -1.35. The van der Waals surface area contributed by atoms with E-state index in [1.807, 2.05) is 0 Å². The van der Waals surface area contributed by atoms with Crippen molar-refractivity contribution < 1.29 is 5.11 Å². The van der Waals surface area contributed by atoms with Gasteiger partial charge in [0.05, 0.1) is 0 Å². The van der Waals surface area contributed by atoms with E-state index in [1.165, 1.54) is 0 Å². The fourth-order valence-electron chi connectivity index (χ4n) is 2.49. The second-order valence-corrected chi connectivity index (χ2v) is 5.88. The van der Waals surface area contributed by atoms with Gasteiger partial charge in [0.25, 0.3) is 0 Å². The minimum Gasteiger partial charge on any atom is -0.384 e. The highest BCUT2D eigenvalue weighted by atomic mass is 16.3. The number of hydrogen-bond acceptors (Lipinski definition) is 4. The van der Waals surface area contributed by atoms with Gasteiger partial charge in [-0.25, -0.2) is 0 Å². The predicted molar refractivity (Wildman–Crippen MR) is 59.7 cm³/mol. The Bertz CT molecular complexity index is 169. The SMILES string of the molecule is CC(C)(N)C(O)(C(C)(C)N)C(C)(C)N. The Morgan fingerprint density at radius 2 is 0.786 bits per heavy atom. The van der Waals surface area contributed by atoms with E-state index in [1.54, 1.807) is 41.5 Å². The Hall–Kier alpha value is -0.160. The number of aliphatic hydroxyl groups is 1. The first-order chi connectivity index (χ1) is 5.75. The summed E-state index contributed by atoms with van der Waals surface area (Å²) in [7, 11) is 0. The Morgan fingerprint density at radius 1 is 0.643 bits per heavy atom. The third-order valence-electron chi connectivity index (χ3n) is 2.80. The Labute approximate surface area is 86.8 Å². The molecular weight excluding hydrogens is 178 g/mol. The molecule has 0 fully saturated rings. The van der Waals surface area contributed by atoms with Crippen molar-refractivity contribution in [3.05, 3.63) is 0 Å². The van der Waals surface area contributed by atoms with Gasteiger partial charge in [-0.15, -0.1) is 0 Å². The maximum absolute atomic E-state index is 10.6. The van der Waals surface area contributed by atoms with E-state index in [9.17, 15) is 5.11 Å². The topological polar surface area (TPSA) is 98.3 Å². The van der Waals surface area contributed by atoms with Crippen molar-refractivity contribution in [3.63, 3.8) is 0 Å². The van der Waals surface area contributed by atoms with Crippen molar-refractivity contribution in [2.75, 3.05) is 0 Å². The van der Waals surface area contributed by atoms with E-state index < -0.39 is 22.2 Å². The molecule has 0 saturated heterocycles. The summed E-state index contributed by atoms with van der Waals surface area (Å²) in [6, 6.07) is 0. The Balaban J connectivity index is 5.54. The molecule has 0 aromatic carbocycles. The zero-order valence-corrected chi connectivity index (χ0v) is 10.2. The largest absolute Gasteiger partial charge is 0.384 e. The molecule has 0 unspecified atom stereocenters. The number of nitrogens with two attached hydrogens (primary N) is 3. The third kappa shape index (κ3) is 1.93. The Kier molecular flexibility index (Phi) is 3.13. The van der Waals surface area contributed by atoms with Crippen molar-refractivity contribution in [1.29, 1.82) is 0 Å². The zero-order chi connectivity index (χ0) is 12.0. The fraction of sp³-hybridized carbons (Fsp3) is 1.00. The van der Waals surface area contributed by atoms with Crippen LogP contribution >= 0.6 is 0 Å². The van der Waals surface area contributed by atoms with Crippen LogP contribution in [0.15, 0.2) is 0 Å². The van der Waals surface area contributed by atoms with E-state index in [4.69, 9.17) is 17.2 Å². The molecule has 0 spiro atoms. The first kappa shape index (κ1) is 13.8. The number of rotatable bonds is 3. The van der Waals surface area contributed by atoms with Crippen LogP contribution in [0.4, 0.5) is 0 Å². The van der Waals surface area contributed by atoms with Crippen LogP contribution in [0.1, 0.15) is 41.5 Å². The highest BCUT2D eigenvalue weighted by molar-refractivity contribution is 5.18. The van der Waals surface area contributed by atoms with Gasteiger partial charge in [-0.3, -0.25) is 0 Å². The normalized spacial score (nSPS) is 15.9. The molecule has 0 rings (SSSR count). The molecule has 0 amide bonds. The van der Waals surface area contributed by atoms with Crippen LogP contribution in [0.2, 0.25) is 0 Å². The Morgan fingerprint density at radius 3 is 0.786 bits per heavy atom. The van der Waals surface area contributed by atoms with Crippen molar-refractivity contribution in [3.8, 4) is 0 Å². The van der Waals surface area contributed by atoms with Crippen LogP contribution in [0, 0.1) is 0 Å². The minimum absolute atomic E-state index is 0.872. The van der Waals surface area contributed by atoms with E-state index in [-0.39, 0.29) is 0 Å². The van der Waals surface area contributed by atoms with Gasteiger partial charge >= 0.3 is 0 Å². The lowest BCUT2D eigenvalue weighted by Crippen LogP contribution is -2.80. The molecule has 7 N–H and O–H groups in total. The predicted octanol–water partition coefficient (Wildman–Crippen LogP) is -0.0706. The summed E-state index contributed by atoms with van der Waals surface area (Å²) in [5.74, 6) is 0. The molecule has 0 heterocycles. The smallest absolute Gasteiger partial charge is 0.117 e. The summed E-state index contributed by atoms with van der Waals surface area (Å²) in [6.07, 6.45) is 0. The average Bonchev–Trinajstić information content (AvgIpc) is 1.77. The lowest BCUT2D eigenvalue weighted by molar-refractivity contribution is -0.120. The molecule has 0 aliphatic carbocycles.